The van der Waals surface area contributed by atoms with Crippen molar-refractivity contribution in [2.45, 2.75) is 12.1 Å². The van der Waals surface area contributed by atoms with Crippen molar-refractivity contribution >= 4 is 10.1 Å². The van der Waals surface area contributed by atoms with Crippen molar-refractivity contribution in [3.05, 3.63) is 48.3 Å². The molecule has 0 aliphatic carbocycles. The molecule has 0 saturated carbocycles. The van der Waals surface area contributed by atoms with Crippen LogP contribution in [0.4, 0.5) is 13.2 Å². The summed E-state index contributed by atoms with van der Waals surface area (Å²) >= 11 is 0. The van der Waals surface area contributed by atoms with Crippen LogP contribution in [-0.2, 0) is 16.7 Å². The fraction of sp³-hybridized carbons (Fsp3) is 0.333. The number of alkyl halides is 3. The van der Waals surface area contributed by atoms with E-state index >= 15 is 0 Å². The van der Waals surface area contributed by atoms with E-state index in [2.05, 4.69) is 59.6 Å². The summed E-state index contributed by atoms with van der Waals surface area (Å²) < 4.78 is 57.5. The standard InChI is InChI=1S/C11H14N2.CHF3O3S/c1-12-7-8-13(10-12)9-11-5-3-2-4-6-11;2-1(3,4)8(5,6)7/h2-8H,9-10H2,1H3;(H,5,6,7). The smallest absolute Gasteiger partial charge is 0.362 e. The minimum Gasteiger partial charge on any atom is -0.362 e. The molecule has 1 N–H and O–H groups in total. The lowest BCUT2D eigenvalue weighted by atomic mass is 10.2. The lowest BCUT2D eigenvalue weighted by molar-refractivity contribution is -0.0510. The number of hydrogen-bond acceptors (Lipinski definition) is 4. The topological polar surface area (TPSA) is 60.9 Å². The first-order valence-corrected chi connectivity index (χ1v) is 7.24. The van der Waals surface area contributed by atoms with Crippen molar-refractivity contribution in [1.82, 2.24) is 9.80 Å². The summed E-state index contributed by atoms with van der Waals surface area (Å²) in [6, 6.07) is 10.5. The molecule has 118 valence electrons. The largest absolute Gasteiger partial charge is 0.522 e. The van der Waals surface area contributed by atoms with Crippen molar-refractivity contribution in [1.29, 1.82) is 0 Å². The van der Waals surface area contributed by atoms with Gasteiger partial charge in [-0.3, -0.25) is 4.55 Å². The van der Waals surface area contributed by atoms with Crippen molar-refractivity contribution in [3.63, 3.8) is 0 Å². The van der Waals surface area contributed by atoms with Crippen LogP contribution in [0.1, 0.15) is 5.56 Å². The molecule has 1 heterocycles. The number of benzene rings is 1. The van der Waals surface area contributed by atoms with Gasteiger partial charge in [-0.25, -0.2) is 0 Å². The Balaban J connectivity index is 0.000000240. The van der Waals surface area contributed by atoms with Gasteiger partial charge in [0.2, 0.25) is 0 Å². The molecule has 0 aromatic heterocycles. The van der Waals surface area contributed by atoms with E-state index < -0.39 is 15.6 Å². The summed E-state index contributed by atoms with van der Waals surface area (Å²) in [6.07, 6.45) is 4.23. The highest BCUT2D eigenvalue weighted by Gasteiger charge is 2.44. The van der Waals surface area contributed by atoms with Gasteiger partial charge in [0.1, 0.15) is 0 Å². The van der Waals surface area contributed by atoms with Gasteiger partial charge in [0.05, 0.1) is 6.67 Å². The highest BCUT2D eigenvalue weighted by atomic mass is 32.2. The van der Waals surface area contributed by atoms with E-state index in [4.69, 9.17) is 13.0 Å². The van der Waals surface area contributed by atoms with Gasteiger partial charge in [0.15, 0.2) is 0 Å². The van der Waals surface area contributed by atoms with Crippen molar-refractivity contribution in [2.75, 3.05) is 13.7 Å². The Kier molecular flexibility index (Phi) is 5.62. The molecule has 2 rings (SSSR count). The lowest BCUT2D eigenvalue weighted by Crippen LogP contribution is -2.21. The predicted molar refractivity (Wildman–Crippen MR) is 71.4 cm³/mol. The van der Waals surface area contributed by atoms with E-state index in [0.29, 0.717) is 0 Å². The Morgan fingerprint density at radius 1 is 1.19 bits per heavy atom. The maximum atomic E-state index is 10.7. The summed E-state index contributed by atoms with van der Waals surface area (Å²) in [5.74, 6) is 0. The van der Waals surface area contributed by atoms with E-state index in [9.17, 15) is 13.2 Å². The maximum Gasteiger partial charge on any atom is 0.522 e. The molecule has 0 amide bonds. The predicted octanol–water partition coefficient (Wildman–Crippen LogP) is 2.26. The Labute approximate surface area is 121 Å². The molecule has 1 aliphatic heterocycles. The highest BCUT2D eigenvalue weighted by molar-refractivity contribution is 7.86. The average molecular weight is 324 g/mol. The molecule has 0 radical (unpaired) electrons. The summed E-state index contributed by atoms with van der Waals surface area (Å²) in [7, 11) is -3.76. The monoisotopic (exact) mass is 324 g/mol. The molecule has 21 heavy (non-hydrogen) atoms. The first kappa shape index (κ1) is 17.3. The fourth-order valence-corrected chi connectivity index (χ4v) is 1.51. The van der Waals surface area contributed by atoms with E-state index in [-0.39, 0.29) is 0 Å². The van der Waals surface area contributed by atoms with Crippen LogP contribution in [-0.4, -0.2) is 42.0 Å². The van der Waals surface area contributed by atoms with Crippen LogP contribution in [0.2, 0.25) is 0 Å². The van der Waals surface area contributed by atoms with E-state index in [1.807, 2.05) is 0 Å². The van der Waals surface area contributed by atoms with Crippen molar-refractivity contribution in [3.8, 4) is 0 Å². The zero-order chi connectivity index (χ0) is 16.1. The zero-order valence-corrected chi connectivity index (χ0v) is 12.0. The van der Waals surface area contributed by atoms with Gasteiger partial charge in [0, 0.05) is 26.0 Å². The molecule has 0 fully saturated rings. The molecule has 0 spiro atoms. The quantitative estimate of drug-likeness (QED) is 0.668. The van der Waals surface area contributed by atoms with Crippen LogP contribution in [0.15, 0.2) is 42.7 Å². The van der Waals surface area contributed by atoms with Gasteiger partial charge < -0.3 is 9.80 Å². The third-order valence-electron chi connectivity index (χ3n) is 2.46. The van der Waals surface area contributed by atoms with Crippen LogP contribution in [0.3, 0.4) is 0 Å². The molecular formula is C12H15F3N2O3S. The second-order valence-corrected chi connectivity index (χ2v) is 5.76. The molecular weight excluding hydrogens is 309 g/mol. The van der Waals surface area contributed by atoms with E-state index in [0.717, 1.165) is 13.2 Å². The molecule has 1 aliphatic rings. The van der Waals surface area contributed by atoms with Gasteiger partial charge in [0.25, 0.3) is 0 Å². The Morgan fingerprint density at radius 2 is 1.71 bits per heavy atom. The Bertz CT molecular complexity index is 573. The molecule has 1 aromatic carbocycles. The minimum absolute atomic E-state index is 0.995. The van der Waals surface area contributed by atoms with E-state index in [1.54, 1.807) is 0 Å². The highest BCUT2D eigenvalue weighted by Crippen LogP contribution is 2.20. The van der Waals surface area contributed by atoms with Crippen LogP contribution in [0.25, 0.3) is 0 Å². The van der Waals surface area contributed by atoms with Gasteiger partial charge in [-0.05, 0) is 5.56 Å². The van der Waals surface area contributed by atoms with E-state index in [1.165, 1.54) is 5.56 Å². The molecule has 0 atom stereocenters. The molecule has 9 heteroatoms. The number of rotatable bonds is 2. The number of nitrogens with zero attached hydrogens (tertiary/aromatic N) is 2. The number of halogens is 3. The molecule has 0 saturated heterocycles. The van der Waals surface area contributed by atoms with Gasteiger partial charge in [-0.2, -0.15) is 21.6 Å². The van der Waals surface area contributed by atoms with Gasteiger partial charge in [-0.1, -0.05) is 30.3 Å². The van der Waals surface area contributed by atoms with Crippen molar-refractivity contribution < 1.29 is 26.1 Å². The molecule has 0 bridgehead atoms. The third-order valence-corrected chi connectivity index (χ3v) is 3.04. The second-order valence-electron chi connectivity index (χ2n) is 4.35. The molecule has 5 nitrogen and oxygen atoms in total. The zero-order valence-electron chi connectivity index (χ0n) is 11.2. The minimum atomic E-state index is -5.84. The first-order valence-electron chi connectivity index (χ1n) is 5.80. The summed E-state index contributed by atoms with van der Waals surface area (Å²) in [6.45, 7) is 2.00. The second kappa shape index (κ2) is 6.81. The van der Waals surface area contributed by atoms with Crippen molar-refractivity contribution in [2.24, 2.45) is 0 Å². The lowest BCUT2D eigenvalue weighted by Gasteiger charge is -2.17. The van der Waals surface area contributed by atoms with Crippen LogP contribution in [0, 0.1) is 0 Å². The third kappa shape index (κ3) is 6.05. The summed E-state index contributed by atoms with van der Waals surface area (Å²) in [4.78, 5) is 4.46. The summed E-state index contributed by atoms with van der Waals surface area (Å²) in [5.41, 5.74) is -4.17. The van der Waals surface area contributed by atoms with Crippen LogP contribution < -0.4 is 0 Å². The van der Waals surface area contributed by atoms with Gasteiger partial charge in [-0.15, -0.1) is 0 Å². The summed E-state index contributed by atoms with van der Waals surface area (Å²) in [5, 5.41) is 0. The maximum absolute atomic E-state index is 10.7. The molecule has 1 aromatic rings. The first-order chi connectivity index (χ1) is 9.59. The average Bonchev–Trinajstić information content (AvgIpc) is 2.74. The van der Waals surface area contributed by atoms with Gasteiger partial charge >= 0.3 is 15.6 Å². The van der Waals surface area contributed by atoms with Crippen LogP contribution >= 0.6 is 0 Å². The Morgan fingerprint density at radius 3 is 2.10 bits per heavy atom. The Hall–Kier alpha value is -1.74. The number of hydrogen-bond donors (Lipinski definition) is 1. The normalized spacial score (nSPS) is 14.9. The SMILES string of the molecule is CN1C=CN(Cc2ccccc2)C1.O=S(=O)(O)C(F)(F)F. The van der Waals surface area contributed by atoms with Crippen LogP contribution in [0.5, 0.6) is 0 Å². The molecule has 0 unspecified atom stereocenters. The fourth-order valence-electron chi connectivity index (χ4n) is 1.51.